The molecule has 0 aromatic heterocycles. The lowest BCUT2D eigenvalue weighted by atomic mass is 9.95. The highest BCUT2D eigenvalue weighted by Crippen LogP contribution is 2.40. The summed E-state index contributed by atoms with van der Waals surface area (Å²) in [5.74, 6) is -2.20. The molecule has 1 atom stereocenters. The number of nitro benzene ring substituents is 2. The lowest BCUT2D eigenvalue weighted by molar-refractivity contribution is -0.385. The van der Waals surface area contributed by atoms with E-state index < -0.39 is 33.3 Å². The molecule has 11 heteroatoms. The van der Waals surface area contributed by atoms with E-state index in [9.17, 15) is 34.9 Å². The zero-order valence-electron chi connectivity index (χ0n) is 22.2. The van der Waals surface area contributed by atoms with Gasteiger partial charge in [0.2, 0.25) is 0 Å². The Balaban J connectivity index is 1.99. The molecule has 208 valence electrons. The van der Waals surface area contributed by atoms with E-state index in [1.807, 2.05) is 0 Å². The molecule has 2 aromatic carbocycles. The second-order valence-electron chi connectivity index (χ2n) is 9.55. The van der Waals surface area contributed by atoms with Gasteiger partial charge in [-0.3, -0.25) is 29.8 Å². The predicted octanol–water partition coefficient (Wildman–Crippen LogP) is 5.22. The Kier molecular flexibility index (Phi) is 10.3. The summed E-state index contributed by atoms with van der Waals surface area (Å²) in [4.78, 5) is 51.5. The van der Waals surface area contributed by atoms with Crippen molar-refractivity contribution in [2.75, 3.05) is 26.2 Å². The van der Waals surface area contributed by atoms with Crippen molar-refractivity contribution < 1.29 is 24.5 Å². The highest BCUT2D eigenvalue weighted by molar-refractivity contribution is 6.46. The van der Waals surface area contributed by atoms with Crippen LogP contribution >= 0.6 is 0 Å². The van der Waals surface area contributed by atoms with Crippen molar-refractivity contribution in [3.63, 3.8) is 0 Å². The second kappa shape index (κ2) is 13.6. The molecule has 0 spiro atoms. The van der Waals surface area contributed by atoms with E-state index in [0.29, 0.717) is 18.5 Å². The number of rotatable bonds is 14. The second-order valence-corrected chi connectivity index (χ2v) is 9.55. The van der Waals surface area contributed by atoms with Gasteiger partial charge in [-0.25, -0.2) is 0 Å². The van der Waals surface area contributed by atoms with Crippen LogP contribution in [0.3, 0.4) is 0 Å². The first-order valence-electron chi connectivity index (χ1n) is 13.2. The first kappa shape index (κ1) is 29.4. The number of amides is 1. The number of Topliss-reactive ketones (excluding diaryl/α,β-unsaturated/α-hetero) is 1. The number of aliphatic hydroxyl groups excluding tert-OH is 1. The molecule has 2 aromatic rings. The minimum absolute atomic E-state index is 0.124. The largest absolute Gasteiger partial charge is 0.507 e. The third kappa shape index (κ3) is 7.05. The summed E-state index contributed by atoms with van der Waals surface area (Å²) in [5.41, 5.74) is -0.167. The molecule has 39 heavy (non-hydrogen) atoms. The molecule has 1 fully saturated rings. The molecule has 0 radical (unpaired) electrons. The first-order chi connectivity index (χ1) is 18.7. The number of ketones is 1. The van der Waals surface area contributed by atoms with Gasteiger partial charge >= 0.3 is 0 Å². The monoisotopic (exact) mass is 538 g/mol. The molecule has 1 aliphatic heterocycles. The van der Waals surface area contributed by atoms with E-state index in [0.717, 1.165) is 38.8 Å². The highest BCUT2D eigenvalue weighted by atomic mass is 16.6. The Morgan fingerprint density at radius 2 is 1.49 bits per heavy atom. The zero-order chi connectivity index (χ0) is 28.5. The van der Waals surface area contributed by atoms with Crippen molar-refractivity contribution in [2.24, 2.45) is 0 Å². The molecule has 1 heterocycles. The molecule has 0 bridgehead atoms. The molecule has 1 aliphatic rings. The number of likely N-dealkylation sites (tertiary alicyclic amines) is 1. The van der Waals surface area contributed by atoms with E-state index in [1.165, 1.54) is 47.4 Å². The molecule has 1 unspecified atom stereocenters. The lowest BCUT2D eigenvalue weighted by Crippen LogP contribution is -2.34. The van der Waals surface area contributed by atoms with Crippen LogP contribution in [0.15, 0.2) is 54.1 Å². The van der Waals surface area contributed by atoms with Gasteiger partial charge in [-0.1, -0.05) is 38.8 Å². The highest BCUT2D eigenvalue weighted by Gasteiger charge is 2.46. The van der Waals surface area contributed by atoms with E-state index >= 15 is 0 Å². The molecule has 3 rings (SSSR count). The average Bonchev–Trinajstić information content (AvgIpc) is 3.18. The summed E-state index contributed by atoms with van der Waals surface area (Å²) in [7, 11) is 0. The van der Waals surface area contributed by atoms with E-state index in [4.69, 9.17) is 0 Å². The van der Waals surface area contributed by atoms with Gasteiger partial charge in [0, 0.05) is 36.4 Å². The van der Waals surface area contributed by atoms with Gasteiger partial charge < -0.3 is 14.9 Å². The number of carbonyl (C=O) groups excluding carboxylic acids is 2. The van der Waals surface area contributed by atoms with E-state index in [2.05, 4.69) is 18.7 Å². The van der Waals surface area contributed by atoms with Gasteiger partial charge in [-0.05, 0) is 56.6 Å². The van der Waals surface area contributed by atoms with Crippen molar-refractivity contribution in [1.82, 2.24) is 9.80 Å². The van der Waals surface area contributed by atoms with Gasteiger partial charge in [-0.15, -0.1) is 0 Å². The maximum absolute atomic E-state index is 13.2. The van der Waals surface area contributed by atoms with Crippen LogP contribution in [0.4, 0.5) is 11.4 Å². The van der Waals surface area contributed by atoms with Crippen LogP contribution in [0.1, 0.15) is 63.1 Å². The minimum Gasteiger partial charge on any atom is -0.507 e. The van der Waals surface area contributed by atoms with Crippen molar-refractivity contribution >= 4 is 28.8 Å². The maximum atomic E-state index is 13.2. The van der Waals surface area contributed by atoms with Gasteiger partial charge in [0.05, 0.1) is 21.5 Å². The van der Waals surface area contributed by atoms with Crippen molar-refractivity contribution in [2.45, 2.75) is 52.0 Å². The molecule has 0 saturated carbocycles. The van der Waals surface area contributed by atoms with Gasteiger partial charge in [0.15, 0.2) is 0 Å². The fourth-order valence-corrected chi connectivity index (χ4v) is 4.73. The maximum Gasteiger partial charge on any atom is 0.295 e. The lowest BCUT2D eigenvalue weighted by Gasteiger charge is -2.27. The number of hydrogen-bond donors (Lipinski definition) is 1. The molecule has 0 aliphatic carbocycles. The number of aliphatic hydroxyl groups is 1. The van der Waals surface area contributed by atoms with Crippen molar-refractivity contribution in [3.05, 3.63) is 85.5 Å². The molecule has 1 N–H and O–H groups in total. The van der Waals surface area contributed by atoms with Crippen LogP contribution < -0.4 is 0 Å². The topological polar surface area (TPSA) is 147 Å². The summed E-state index contributed by atoms with van der Waals surface area (Å²) in [6, 6.07) is 9.58. The van der Waals surface area contributed by atoms with Gasteiger partial charge in [-0.2, -0.15) is 0 Å². The third-order valence-electron chi connectivity index (χ3n) is 6.82. The number of carbonyl (C=O) groups is 2. The Hall–Kier alpha value is -4.12. The smallest absolute Gasteiger partial charge is 0.295 e. The molecular weight excluding hydrogens is 504 g/mol. The molecule has 11 nitrogen and oxygen atoms in total. The third-order valence-corrected chi connectivity index (χ3v) is 6.82. The number of nitrogens with zero attached hydrogens (tertiary/aromatic N) is 4. The van der Waals surface area contributed by atoms with Crippen molar-refractivity contribution in [1.29, 1.82) is 0 Å². The number of hydrogen-bond acceptors (Lipinski definition) is 8. The molecule has 1 saturated heterocycles. The fraction of sp³-hybridized carbons (Fsp3) is 0.429. The van der Waals surface area contributed by atoms with E-state index in [-0.39, 0.29) is 29.1 Å². The van der Waals surface area contributed by atoms with Crippen molar-refractivity contribution in [3.8, 4) is 0 Å². The van der Waals surface area contributed by atoms with Crippen LogP contribution in [-0.4, -0.2) is 62.6 Å². The zero-order valence-corrected chi connectivity index (χ0v) is 22.2. The van der Waals surface area contributed by atoms with Crippen LogP contribution in [0, 0.1) is 20.2 Å². The summed E-state index contributed by atoms with van der Waals surface area (Å²) in [6.07, 6.45) is 4.80. The quantitative estimate of drug-likeness (QED) is 0.113. The SMILES string of the molecule is CCCCN(CCCC)CCCN1C(=O)C(=O)/C(=C(\O)c2ccc([N+](=O)[O-])cc2)C1c1cccc([N+](=O)[O-])c1. The van der Waals surface area contributed by atoms with Crippen LogP contribution in [-0.2, 0) is 9.59 Å². The number of unbranched alkanes of at least 4 members (excludes halogenated alkanes) is 2. The summed E-state index contributed by atoms with van der Waals surface area (Å²) in [5, 5.41) is 33.6. The predicted molar refractivity (Wildman–Crippen MR) is 146 cm³/mol. The van der Waals surface area contributed by atoms with Crippen LogP contribution in [0.25, 0.3) is 5.76 Å². The number of non-ortho nitro benzene ring substituents is 2. The number of nitro groups is 2. The average molecular weight is 539 g/mol. The van der Waals surface area contributed by atoms with Crippen LogP contribution in [0.5, 0.6) is 0 Å². The van der Waals surface area contributed by atoms with Gasteiger partial charge in [0.25, 0.3) is 23.1 Å². The first-order valence-corrected chi connectivity index (χ1v) is 13.2. The van der Waals surface area contributed by atoms with Crippen LogP contribution in [0.2, 0.25) is 0 Å². The minimum atomic E-state index is -1.04. The normalized spacial score (nSPS) is 16.7. The standard InChI is InChI=1S/C28H34N4O7/c1-3-5-15-29(16-6-4-2)17-8-18-30-25(21-9-7-10-23(19-21)32(38)39)24(27(34)28(30)35)26(33)20-11-13-22(14-12-20)31(36)37/h7,9-14,19,25,33H,3-6,8,15-18H2,1-2H3/b26-24-. The Labute approximate surface area is 227 Å². The Morgan fingerprint density at radius 1 is 0.897 bits per heavy atom. The Morgan fingerprint density at radius 3 is 2.05 bits per heavy atom. The summed E-state index contributed by atoms with van der Waals surface area (Å²) < 4.78 is 0. The summed E-state index contributed by atoms with van der Waals surface area (Å²) in [6.45, 7) is 7.05. The fourth-order valence-electron chi connectivity index (χ4n) is 4.73. The Bertz CT molecular complexity index is 1230. The van der Waals surface area contributed by atoms with E-state index in [1.54, 1.807) is 6.07 Å². The number of benzene rings is 2. The molecule has 1 amide bonds. The van der Waals surface area contributed by atoms with Gasteiger partial charge in [0.1, 0.15) is 5.76 Å². The molecular formula is C28H34N4O7. The summed E-state index contributed by atoms with van der Waals surface area (Å²) >= 11 is 0.